The summed E-state index contributed by atoms with van der Waals surface area (Å²) in [6.45, 7) is 0. The molecule has 0 bridgehead atoms. The fourth-order valence-electron chi connectivity index (χ4n) is 3.38. The molecule has 0 N–H and O–H groups in total. The van der Waals surface area contributed by atoms with E-state index in [0.717, 1.165) is 11.3 Å². The van der Waals surface area contributed by atoms with Gasteiger partial charge in [0.2, 0.25) is 10.7 Å². The van der Waals surface area contributed by atoms with Crippen molar-refractivity contribution in [3.05, 3.63) is 97.9 Å². The minimum atomic E-state index is -1.64. The molecule has 4 nitrogen and oxygen atoms in total. The zero-order valence-corrected chi connectivity index (χ0v) is 20.2. The quantitative estimate of drug-likeness (QED) is 0.256. The number of hydrogen-bond donors (Lipinski definition) is 0. The van der Waals surface area contributed by atoms with Crippen LogP contribution in [0.2, 0.25) is 10.0 Å². The van der Waals surface area contributed by atoms with Gasteiger partial charge in [-0.15, -0.1) is 0 Å². The van der Waals surface area contributed by atoms with E-state index in [1.54, 1.807) is 54.9 Å². The molecule has 0 saturated carbocycles. The first-order valence-corrected chi connectivity index (χ1v) is 11.9. The molecule has 0 aromatic heterocycles. The number of benzene rings is 3. The minimum Gasteiger partial charge on any atom is -0.588 e. The smallest absolute Gasteiger partial charge is 0.245 e. The van der Waals surface area contributed by atoms with E-state index in [9.17, 15) is 9.35 Å². The van der Waals surface area contributed by atoms with Crippen LogP contribution in [0.3, 0.4) is 0 Å². The molecule has 0 radical (unpaired) electrons. The fourth-order valence-corrected chi connectivity index (χ4v) is 4.83. The first-order chi connectivity index (χ1) is 15.9. The number of Topliss-reactive ketones (excluding diaryl/α,β-unsaturated/α-hetero) is 1. The number of allylic oxidation sites excluding steroid dienone is 1. The number of ketones is 1. The average Bonchev–Trinajstić information content (AvgIpc) is 2.83. The lowest BCUT2D eigenvalue weighted by atomic mass is 10.0. The van der Waals surface area contributed by atoms with Crippen LogP contribution >= 0.6 is 23.2 Å². The van der Waals surface area contributed by atoms with Gasteiger partial charge in [0.05, 0.1) is 35.5 Å². The lowest BCUT2D eigenvalue weighted by molar-refractivity contribution is 0.104. The van der Waals surface area contributed by atoms with Crippen LogP contribution in [0.25, 0.3) is 6.08 Å². The molecule has 1 unspecified atom stereocenters. The number of halogens is 2. The molecule has 3 aromatic carbocycles. The van der Waals surface area contributed by atoms with Crippen molar-refractivity contribution in [1.29, 1.82) is 0 Å². The summed E-state index contributed by atoms with van der Waals surface area (Å²) in [5.41, 5.74) is 3.49. The monoisotopic (exact) mass is 495 g/mol. The number of anilines is 1. The molecule has 1 heterocycles. The Morgan fingerprint density at radius 3 is 2.52 bits per heavy atom. The largest absolute Gasteiger partial charge is 0.588 e. The van der Waals surface area contributed by atoms with Gasteiger partial charge >= 0.3 is 0 Å². The fraction of sp³-hybridized carbons (Fsp3) is 0.115. The Morgan fingerprint density at radius 2 is 1.82 bits per heavy atom. The van der Waals surface area contributed by atoms with E-state index in [-0.39, 0.29) is 10.7 Å². The summed E-state index contributed by atoms with van der Waals surface area (Å²) in [4.78, 5) is 13.4. The molecule has 0 saturated heterocycles. The number of nitrogens with zero attached hydrogens (tertiary/aromatic N) is 1. The van der Waals surface area contributed by atoms with Crippen LogP contribution in [0.15, 0.2) is 65.6 Å². The second-order valence-electron chi connectivity index (χ2n) is 7.32. The lowest BCUT2D eigenvalue weighted by Crippen LogP contribution is -2.36. The van der Waals surface area contributed by atoms with Crippen LogP contribution < -0.4 is 9.04 Å². The highest BCUT2D eigenvalue weighted by atomic mass is 35.5. The third-order valence-corrected chi connectivity index (χ3v) is 7.28. The van der Waals surface area contributed by atoms with Crippen molar-refractivity contribution in [2.45, 2.75) is 6.42 Å². The number of carbonyl (C=O) groups excluding carboxylic acids is 1. The van der Waals surface area contributed by atoms with Gasteiger partial charge in [-0.1, -0.05) is 53.2 Å². The molecule has 0 spiro atoms. The lowest BCUT2D eigenvalue weighted by Gasteiger charge is -2.29. The minimum absolute atomic E-state index is 0.173. The van der Waals surface area contributed by atoms with E-state index in [2.05, 4.69) is 11.8 Å². The van der Waals surface area contributed by atoms with Gasteiger partial charge in [-0.2, -0.15) is 4.31 Å². The van der Waals surface area contributed by atoms with Crippen molar-refractivity contribution in [1.82, 2.24) is 0 Å². The predicted octanol–water partition coefficient (Wildman–Crippen LogP) is 5.93. The number of hydrogen-bond acceptors (Lipinski definition) is 4. The van der Waals surface area contributed by atoms with Crippen LogP contribution in [-0.2, 0) is 17.8 Å². The summed E-state index contributed by atoms with van der Waals surface area (Å²) in [5.74, 6) is 6.76. The van der Waals surface area contributed by atoms with Gasteiger partial charge < -0.3 is 9.29 Å². The maximum Gasteiger partial charge on any atom is 0.245 e. The number of methoxy groups -OCH3 is 1. The molecule has 33 heavy (non-hydrogen) atoms. The van der Waals surface area contributed by atoms with E-state index in [0.29, 0.717) is 38.8 Å². The van der Waals surface area contributed by atoms with Gasteiger partial charge in [0.15, 0.2) is 0 Å². The van der Waals surface area contributed by atoms with Gasteiger partial charge in [0.1, 0.15) is 17.1 Å². The van der Waals surface area contributed by atoms with Gasteiger partial charge in [0, 0.05) is 18.1 Å². The molecule has 0 aliphatic carbocycles. The standard InChI is InChI=1S/C26H19Cl2NO3S/c1-29-24-13-9-18(5-3-4-17-6-10-20(32-2)11-7-17)14-21(24)26(30)25(33(29)31)16-19-8-12-22(27)23(28)15-19/h6-16H,4H2,1-2H3/b25-16-. The van der Waals surface area contributed by atoms with Crippen LogP contribution in [0, 0.1) is 11.8 Å². The van der Waals surface area contributed by atoms with Crippen molar-refractivity contribution in [3.8, 4) is 17.6 Å². The zero-order valence-electron chi connectivity index (χ0n) is 17.9. The molecule has 7 heteroatoms. The van der Waals surface area contributed by atoms with Crippen molar-refractivity contribution in [2.75, 3.05) is 18.5 Å². The maximum absolute atomic E-state index is 13.2. The molecular weight excluding hydrogens is 477 g/mol. The summed E-state index contributed by atoms with van der Waals surface area (Å²) in [7, 11) is 3.32. The van der Waals surface area contributed by atoms with Crippen molar-refractivity contribution < 1.29 is 14.1 Å². The molecule has 4 rings (SSSR count). The summed E-state index contributed by atoms with van der Waals surface area (Å²) in [5, 5.41) is 0.776. The third kappa shape index (κ3) is 5.05. The molecule has 1 aliphatic rings. The summed E-state index contributed by atoms with van der Waals surface area (Å²) in [6, 6.07) is 18.1. The van der Waals surface area contributed by atoms with Crippen molar-refractivity contribution >= 4 is 52.1 Å². The number of carbonyl (C=O) groups is 1. The zero-order chi connectivity index (χ0) is 23.5. The SMILES string of the molecule is COc1ccc(CC#Cc2ccc3c(c2)C(=O)/C(=C/c2ccc(Cl)c(Cl)c2)[S+]([O-])N3C)cc1. The molecule has 0 amide bonds. The molecule has 0 fully saturated rings. The highest BCUT2D eigenvalue weighted by Crippen LogP contribution is 2.36. The van der Waals surface area contributed by atoms with Crippen molar-refractivity contribution in [3.63, 3.8) is 0 Å². The second-order valence-corrected chi connectivity index (χ2v) is 9.62. The first-order valence-electron chi connectivity index (χ1n) is 10.0. The van der Waals surface area contributed by atoms with Gasteiger partial charge in [-0.3, -0.25) is 4.79 Å². The van der Waals surface area contributed by atoms with E-state index < -0.39 is 11.4 Å². The van der Waals surface area contributed by atoms with Crippen molar-refractivity contribution in [2.24, 2.45) is 0 Å². The number of fused-ring (bicyclic) bond motifs is 1. The molecule has 1 aliphatic heterocycles. The van der Waals surface area contributed by atoms with Crippen LogP contribution in [-0.4, -0.2) is 24.5 Å². The van der Waals surface area contributed by atoms with Gasteiger partial charge in [-0.05, 0) is 53.6 Å². The summed E-state index contributed by atoms with van der Waals surface area (Å²) in [6.07, 6.45) is 2.16. The molecule has 3 aromatic rings. The molecule has 1 atom stereocenters. The molecular formula is C26H19Cl2NO3S. The summed E-state index contributed by atoms with van der Waals surface area (Å²) < 4.78 is 19.7. The third-order valence-electron chi connectivity index (χ3n) is 5.17. The van der Waals surface area contributed by atoms with Crippen LogP contribution in [0.5, 0.6) is 5.75 Å². The summed E-state index contributed by atoms with van der Waals surface area (Å²) >= 11 is 10.4. The maximum atomic E-state index is 13.2. The Hall–Kier alpha value is -2.88. The Labute approximate surface area is 206 Å². The van der Waals surface area contributed by atoms with Gasteiger partial charge in [0.25, 0.3) is 0 Å². The Kier molecular flexibility index (Phi) is 7.02. The molecule has 166 valence electrons. The van der Waals surface area contributed by atoms with Gasteiger partial charge in [-0.25, -0.2) is 0 Å². The van der Waals surface area contributed by atoms with E-state index in [1.165, 1.54) is 0 Å². The predicted molar refractivity (Wildman–Crippen MR) is 135 cm³/mol. The van der Waals surface area contributed by atoms with E-state index in [1.807, 2.05) is 30.3 Å². The van der Waals surface area contributed by atoms with Crippen LogP contribution in [0.4, 0.5) is 5.69 Å². The Bertz CT molecular complexity index is 1310. The normalized spacial score (nSPS) is 16.3. The number of ether oxygens (including phenoxy) is 1. The average molecular weight is 496 g/mol. The second kappa shape index (κ2) is 9.94. The highest BCUT2D eigenvalue weighted by Gasteiger charge is 2.38. The number of rotatable bonds is 3. The topological polar surface area (TPSA) is 52.6 Å². The highest BCUT2D eigenvalue weighted by molar-refractivity contribution is 7.97. The van der Waals surface area contributed by atoms with E-state index >= 15 is 0 Å². The van der Waals surface area contributed by atoms with Crippen LogP contribution in [0.1, 0.15) is 27.0 Å². The Balaban J connectivity index is 1.62. The first kappa shape index (κ1) is 23.3. The van der Waals surface area contributed by atoms with E-state index in [4.69, 9.17) is 27.9 Å². The Morgan fingerprint density at radius 1 is 1.06 bits per heavy atom.